The van der Waals surface area contributed by atoms with E-state index in [1.165, 1.54) is 32.0 Å². The molecule has 0 atom stereocenters. The molecule has 0 heterocycles. The molecule has 0 aliphatic rings. The number of non-ortho nitro benzene ring substituents is 1. The maximum Gasteiger partial charge on any atom is 0.318 e. The first-order chi connectivity index (χ1) is 8.25. The zero-order valence-corrected chi connectivity index (χ0v) is 9.84. The van der Waals surface area contributed by atoms with Crippen molar-refractivity contribution in [2.45, 2.75) is 13.8 Å². The number of hydrogen-bond donors (Lipinski definition) is 2. The van der Waals surface area contributed by atoms with Crippen molar-refractivity contribution in [1.29, 1.82) is 0 Å². The lowest BCUT2D eigenvalue weighted by atomic mass is 9.92. The Hall–Kier alpha value is -2.44. The molecule has 1 aromatic rings. The summed E-state index contributed by atoms with van der Waals surface area (Å²) in [5.41, 5.74) is -1.60. The molecular formula is C11H12N2O5. The molecule has 0 aliphatic carbocycles. The van der Waals surface area contributed by atoms with Crippen LogP contribution in [0.4, 0.5) is 11.4 Å². The monoisotopic (exact) mass is 252 g/mol. The maximum atomic E-state index is 11.7. The van der Waals surface area contributed by atoms with Crippen LogP contribution >= 0.6 is 0 Å². The summed E-state index contributed by atoms with van der Waals surface area (Å²) in [6.45, 7) is 2.50. The topological polar surface area (TPSA) is 110 Å². The van der Waals surface area contributed by atoms with Gasteiger partial charge in [0.15, 0.2) is 0 Å². The van der Waals surface area contributed by atoms with E-state index in [0.717, 1.165) is 6.07 Å². The summed E-state index contributed by atoms with van der Waals surface area (Å²) in [5.74, 6) is -2.01. The van der Waals surface area contributed by atoms with Crippen LogP contribution in [0.25, 0.3) is 0 Å². The van der Waals surface area contributed by atoms with Crippen molar-refractivity contribution < 1.29 is 19.6 Å². The number of carboxylic acids is 1. The fourth-order valence-corrected chi connectivity index (χ4v) is 1.08. The number of nitro groups is 1. The van der Waals surface area contributed by atoms with Gasteiger partial charge in [-0.3, -0.25) is 19.7 Å². The Labute approximate surface area is 103 Å². The number of carboxylic acid groups (broad SMARTS) is 1. The van der Waals surface area contributed by atoms with E-state index in [0.29, 0.717) is 0 Å². The molecule has 0 bridgehead atoms. The van der Waals surface area contributed by atoms with Crippen LogP contribution in [0.5, 0.6) is 0 Å². The first kappa shape index (κ1) is 13.6. The van der Waals surface area contributed by atoms with Gasteiger partial charge >= 0.3 is 5.97 Å². The predicted molar refractivity (Wildman–Crippen MR) is 63.1 cm³/mol. The number of carbonyl (C=O) groups is 2. The second-order valence-electron chi connectivity index (χ2n) is 4.19. The molecule has 0 saturated heterocycles. The summed E-state index contributed by atoms with van der Waals surface area (Å²) in [4.78, 5) is 32.5. The lowest BCUT2D eigenvalue weighted by Gasteiger charge is -2.18. The molecule has 0 aromatic heterocycles. The summed E-state index contributed by atoms with van der Waals surface area (Å²) in [5, 5.41) is 21.7. The number of anilines is 1. The second kappa shape index (κ2) is 4.82. The maximum absolute atomic E-state index is 11.7. The number of carbonyl (C=O) groups excluding carboxylic acids is 1. The van der Waals surface area contributed by atoms with E-state index in [1.807, 2.05) is 0 Å². The fraction of sp³-hybridized carbons (Fsp3) is 0.273. The van der Waals surface area contributed by atoms with Crippen molar-refractivity contribution in [3.63, 3.8) is 0 Å². The highest BCUT2D eigenvalue weighted by atomic mass is 16.6. The highest BCUT2D eigenvalue weighted by Gasteiger charge is 2.36. The highest BCUT2D eigenvalue weighted by Crippen LogP contribution is 2.21. The molecule has 0 radical (unpaired) electrons. The first-order valence-electron chi connectivity index (χ1n) is 5.04. The van der Waals surface area contributed by atoms with E-state index >= 15 is 0 Å². The largest absolute Gasteiger partial charge is 0.480 e. The van der Waals surface area contributed by atoms with Gasteiger partial charge < -0.3 is 10.4 Å². The van der Waals surface area contributed by atoms with E-state index < -0.39 is 22.2 Å². The molecule has 2 N–H and O–H groups in total. The number of nitro benzene ring substituents is 1. The molecule has 0 saturated carbocycles. The van der Waals surface area contributed by atoms with Gasteiger partial charge in [-0.05, 0) is 19.9 Å². The Kier molecular flexibility index (Phi) is 3.65. The van der Waals surface area contributed by atoms with E-state index in [-0.39, 0.29) is 11.4 Å². The molecule has 0 unspecified atom stereocenters. The number of benzene rings is 1. The molecule has 7 nitrogen and oxygen atoms in total. The molecular weight excluding hydrogens is 240 g/mol. The van der Waals surface area contributed by atoms with Gasteiger partial charge in [0.25, 0.3) is 5.69 Å². The number of amides is 1. The normalized spacial score (nSPS) is 10.8. The van der Waals surface area contributed by atoms with Gasteiger partial charge in [-0.15, -0.1) is 0 Å². The van der Waals surface area contributed by atoms with Crippen LogP contribution in [0.15, 0.2) is 24.3 Å². The van der Waals surface area contributed by atoms with Gasteiger partial charge in [-0.2, -0.15) is 0 Å². The van der Waals surface area contributed by atoms with Gasteiger partial charge in [-0.25, -0.2) is 0 Å². The average Bonchev–Trinajstić information content (AvgIpc) is 2.28. The van der Waals surface area contributed by atoms with Crippen molar-refractivity contribution in [2.75, 3.05) is 5.32 Å². The third kappa shape index (κ3) is 2.82. The lowest BCUT2D eigenvalue weighted by Crippen LogP contribution is -2.37. The third-order valence-corrected chi connectivity index (χ3v) is 2.42. The SMILES string of the molecule is CC(C)(C(=O)O)C(=O)Nc1cccc([N+](=O)[O-])c1. The smallest absolute Gasteiger partial charge is 0.318 e. The van der Waals surface area contributed by atoms with Crippen molar-refractivity contribution in [3.05, 3.63) is 34.4 Å². The summed E-state index contributed by atoms with van der Waals surface area (Å²) in [6, 6.07) is 5.29. The number of nitrogens with one attached hydrogen (secondary N) is 1. The van der Waals surface area contributed by atoms with Crippen LogP contribution in [0.1, 0.15) is 13.8 Å². The Morgan fingerprint density at radius 1 is 1.39 bits per heavy atom. The Balaban J connectivity index is 2.92. The summed E-state index contributed by atoms with van der Waals surface area (Å²) in [7, 11) is 0. The predicted octanol–water partition coefficient (Wildman–Crippen LogP) is 1.64. The minimum absolute atomic E-state index is 0.180. The molecule has 96 valence electrons. The molecule has 18 heavy (non-hydrogen) atoms. The van der Waals surface area contributed by atoms with Gasteiger partial charge in [0.05, 0.1) is 4.92 Å². The fourth-order valence-electron chi connectivity index (χ4n) is 1.08. The molecule has 1 aromatic carbocycles. The minimum atomic E-state index is -1.61. The van der Waals surface area contributed by atoms with Crippen LogP contribution in [-0.4, -0.2) is 21.9 Å². The lowest BCUT2D eigenvalue weighted by molar-refractivity contribution is -0.384. The van der Waals surface area contributed by atoms with Crippen LogP contribution in [0, 0.1) is 15.5 Å². The molecule has 0 fully saturated rings. The van der Waals surface area contributed by atoms with Crippen LogP contribution in [-0.2, 0) is 9.59 Å². The summed E-state index contributed by atoms with van der Waals surface area (Å²) >= 11 is 0. The summed E-state index contributed by atoms with van der Waals surface area (Å²) in [6.07, 6.45) is 0. The molecule has 0 spiro atoms. The average molecular weight is 252 g/mol. The van der Waals surface area contributed by atoms with Gasteiger partial charge in [0.2, 0.25) is 5.91 Å². The van der Waals surface area contributed by atoms with E-state index in [1.54, 1.807) is 0 Å². The zero-order chi connectivity index (χ0) is 13.9. The number of aliphatic carboxylic acids is 1. The van der Waals surface area contributed by atoms with E-state index in [4.69, 9.17) is 5.11 Å². The number of nitrogens with zero attached hydrogens (tertiary/aromatic N) is 1. The molecule has 1 rings (SSSR count). The highest BCUT2D eigenvalue weighted by molar-refractivity contribution is 6.07. The van der Waals surface area contributed by atoms with Crippen molar-refractivity contribution in [3.8, 4) is 0 Å². The minimum Gasteiger partial charge on any atom is -0.480 e. The molecule has 1 amide bonds. The third-order valence-electron chi connectivity index (χ3n) is 2.42. The van der Waals surface area contributed by atoms with Gasteiger partial charge in [0, 0.05) is 17.8 Å². The summed E-state index contributed by atoms with van der Waals surface area (Å²) < 4.78 is 0. The van der Waals surface area contributed by atoms with Crippen molar-refractivity contribution in [1.82, 2.24) is 0 Å². The quantitative estimate of drug-likeness (QED) is 0.481. The van der Waals surface area contributed by atoms with E-state index in [2.05, 4.69) is 5.32 Å². The van der Waals surface area contributed by atoms with Crippen molar-refractivity contribution in [2.24, 2.45) is 5.41 Å². The molecule has 0 aliphatic heterocycles. The zero-order valence-electron chi connectivity index (χ0n) is 9.84. The molecule has 7 heteroatoms. The Morgan fingerprint density at radius 3 is 2.50 bits per heavy atom. The van der Waals surface area contributed by atoms with Gasteiger partial charge in [0.1, 0.15) is 5.41 Å². The number of hydrogen-bond acceptors (Lipinski definition) is 4. The Bertz CT molecular complexity index is 510. The number of rotatable bonds is 4. The second-order valence-corrected chi connectivity index (χ2v) is 4.19. The van der Waals surface area contributed by atoms with Crippen molar-refractivity contribution >= 4 is 23.3 Å². The van der Waals surface area contributed by atoms with Crippen LogP contribution in [0.2, 0.25) is 0 Å². The van der Waals surface area contributed by atoms with Gasteiger partial charge in [-0.1, -0.05) is 6.07 Å². The first-order valence-corrected chi connectivity index (χ1v) is 5.04. The Morgan fingerprint density at radius 2 is 2.00 bits per heavy atom. The van der Waals surface area contributed by atoms with Crippen LogP contribution in [0.3, 0.4) is 0 Å². The van der Waals surface area contributed by atoms with Crippen LogP contribution < -0.4 is 5.32 Å². The standard InChI is InChI=1S/C11H12N2O5/c1-11(2,10(15)16)9(14)12-7-4-3-5-8(6-7)13(17)18/h3-6H,1-2H3,(H,12,14)(H,15,16). The van der Waals surface area contributed by atoms with E-state index in [9.17, 15) is 19.7 Å².